The smallest absolute Gasteiger partial charge is 0.305 e. The average Bonchev–Trinajstić information content (AvgIpc) is 2.63. The summed E-state index contributed by atoms with van der Waals surface area (Å²) in [5, 5.41) is 2.34. The zero-order valence-electron chi connectivity index (χ0n) is 11.5. The Kier molecular flexibility index (Phi) is 3.39. The molecule has 4 nitrogen and oxygen atoms in total. The number of halogens is 2. The van der Waals surface area contributed by atoms with Gasteiger partial charge >= 0.3 is 6.03 Å². The molecule has 1 aliphatic carbocycles. The van der Waals surface area contributed by atoms with Crippen molar-refractivity contribution in [1.29, 1.82) is 0 Å². The number of imide groups is 1. The van der Waals surface area contributed by atoms with Crippen LogP contribution in [0.5, 0.6) is 0 Å². The lowest BCUT2D eigenvalue weighted by Crippen LogP contribution is -2.50. The van der Waals surface area contributed by atoms with Crippen LogP contribution in [0.2, 0.25) is 0 Å². The van der Waals surface area contributed by atoms with E-state index in [0.29, 0.717) is 18.4 Å². The van der Waals surface area contributed by atoms with E-state index in [1.165, 1.54) is 17.0 Å². The van der Waals surface area contributed by atoms with Crippen LogP contribution in [0.1, 0.15) is 37.7 Å². The number of amides is 3. The Morgan fingerprint density at radius 2 is 1.67 bits per heavy atom. The van der Waals surface area contributed by atoms with Crippen molar-refractivity contribution in [3.8, 4) is 0 Å². The van der Waals surface area contributed by atoms with E-state index in [9.17, 15) is 18.4 Å². The maximum absolute atomic E-state index is 13.3. The summed E-state index contributed by atoms with van der Waals surface area (Å²) in [6, 6.07) is 2.69. The fourth-order valence-corrected chi connectivity index (χ4v) is 3.34. The number of urea groups is 1. The first-order chi connectivity index (χ1) is 10.0. The van der Waals surface area contributed by atoms with E-state index in [1.807, 2.05) is 0 Å². The highest BCUT2D eigenvalue weighted by Gasteiger charge is 2.52. The first kappa shape index (κ1) is 14.0. The van der Waals surface area contributed by atoms with Crippen LogP contribution >= 0.6 is 0 Å². The van der Waals surface area contributed by atoms with Crippen molar-refractivity contribution >= 4 is 11.9 Å². The molecule has 21 heavy (non-hydrogen) atoms. The van der Waals surface area contributed by atoms with Crippen molar-refractivity contribution in [3.05, 3.63) is 35.4 Å². The fraction of sp³-hybridized carbons (Fsp3) is 0.467. The van der Waals surface area contributed by atoms with Gasteiger partial charge in [-0.25, -0.2) is 13.6 Å². The highest BCUT2D eigenvalue weighted by molar-refractivity contribution is 6.07. The zero-order valence-corrected chi connectivity index (χ0v) is 11.5. The van der Waals surface area contributed by atoms with Crippen LogP contribution in [0.3, 0.4) is 0 Å². The topological polar surface area (TPSA) is 49.4 Å². The number of hydrogen-bond acceptors (Lipinski definition) is 2. The van der Waals surface area contributed by atoms with E-state index >= 15 is 0 Å². The fourth-order valence-electron chi connectivity index (χ4n) is 3.34. The molecule has 3 rings (SSSR count). The zero-order chi connectivity index (χ0) is 15.0. The van der Waals surface area contributed by atoms with Crippen molar-refractivity contribution in [2.45, 2.75) is 44.2 Å². The predicted molar refractivity (Wildman–Crippen MR) is 71.3 cm³/mol. The van der Waals surface area contributed by atoms with E-state index in [0.717, 1.165) is 25.3 Å². The van der Waals surface area contributed by atoms with Gasteiger partial charge in [0.1, 0.15) is 17.2 Å². The molecule has 1 aliphatic heterocycles. The van der Waals surface area contributed by atoms with Crippen LogP contribution in [0, 0.1) is 11.6 Å². The summed E-state index contributed by atoms with van der Waals surface area (Å²) in [4.78, 5) is 25.6. The molecular formula is C15H16F2N2O2. The quantitative estimate of drug-likeness (QED) is 0.853. The lowest BCUT2D eigenvalue weighted by Gasteiger charge is -2.38. The number of nitrogens with zero attached hydrogens (tertiary/aromatic N) is 1. The maximum atomic E-state index is 13.3. The summed E-state index contributed by atoms with van der Waals surface area (Å²) < 4.78 is 26.6. The van der Waals surface area contributed by atoms with Gasteiger partial charge in [0.2, 0.25) is 0 Å². The minimum atomic E-state index is -0.849. The number of benzene rings is 1. The van der Waals surface area contributed by atoms with Crippen molar-refractivity contribution in [3.63, 3.8) is 0 Å². The largest absolute Gasteiger partial charge is 0.325 e. The van der Waals surface area contributed by atoms with Crippen molar-refractivity contribution in [1.82, 2.24) is 10.2 Å². The number of carbonyl (C=O) groups is 2. The summed E-state index contributed by atoms with van der Waals surface area (Å²) in [7, 11) is 0. The molecule has 1 saturated carbocycles. The lowest BCUT2D eigenvalue weighted by molar-refractivity contribution is -0.128. The summed E-state index contributed by atoms with van der Waals surface area (Å²) in [5.41, 5.74) is -0.500. The summed E-state index contributed by atoms with van der Waals surface area (Å²) in [6.45, 7) is 0.0340. The second-order valence-electron chi connectivity index (χ2n) is 5.72. The molecule has 1 N–H and O–H groups in total. The predicted octanol–water partition coefficient (Wildman–Crippen LogP) is 2.72. The Hall–Kier alpha value is -1.98. The first-order valence-electron chi connectivity index (χ1n) is 7.09. The Morgan fingerprint density at radius 1 is 1.05 bits per heavy atom. The molecule has 0 bridgehead atoms. The van der Waals surface area contributed by atoms with E-state index in [1.54, 1.807) is 0 Å². The van der Waals surface area contributed by atoms with E-state index in [4.69, 9.17) is 0 Å². The van der Waals surface area contributed by atoms with Gasteiger partial charge in [0.25, 0.3) is 5.91 Å². The highest BCUT2D eigenvalue weighted by Crippen LogP contribution is 2.38. The normalized spacial score (nSPS) is 21.0. The second kappa shape index (κ2) is 5.09. The van der Waals surface area contributed by atoms with Gasteiger partial charge in [-0.2, -0.15) is 0 Å². The van der Waals surface area contributed by atoms with E-state index in [-0.39, 0.29) is 12.5 Å². The van der Waals surface area contributed by atoms with Gasteiger partial charge in [-0.1, -0.05) is 19.3 Å². The van der Waals surface area contributed by atoms with Crippen LogP contribution in [-0.2, 0) is 11.3 Å². The first-order valence-corrected chi connectivity index (χ1v) is 7.09. The van der Waals surface area contributed by atoms with Gasteiger partial charge in [-0.15, -0.1) is 0 Å². The van der Waals surface area contributed by atoms with Gasteiger partial charge in [0.05, 0.1) is 0 Å². The molecule has 6 heteroatoms. The molecular weight excluding hydrogens is 278 g/mol. The molecule has 3 amide bonds. The van der Waals surface area contributed by atoms with Crippen molar-refractivity contribution in [2.24, 2.45) is 0 Å². The van der Waals surface area contributed by atoms with Crippen molar-refractivity contribution in [2.75, 3.05) is 0 Å². The maximum Gasteiger partial charge on any atom is 0.325 e. The molecule has 2 fully saturated rings. The highest BCUT2D eigenvalue weighted by atomic mass is 19.1. The molecule has 0 radical (unpaired) electrons. The Bertz CT molecular complexity index is 577. The second-order valence-corrected chi connectivity index (χ2v) is 5.72. The molecule has 112 valence electrons. The van der Waals surface area contributed by atoms with Crippen molar-refractivity contribution < 1.29 is 18.4 Å². The molecule has 1 aromatic rings. The van der Waals surface area contributed by atoms with Gasteiger partial charge in [0, 0.05) is 12.6 Å². The van der Waals surface area contributed by atoms with Gasteiger partial charge in [-0.05, 0) is 30.5 Å². The van der Waals surface area contributed by atoms with Crippen LogP contribution in [-0.4, -0.2) is 22.4 Å². The Balaban J connectivity index is 1.91. The van der Waals surface area contributed by atoms with E-state index in [2.05, 4.69) is 5.32 Å². The molecule has 1 spiro atoms. The standard InChI is InChI=1S/C15H16F2N2O2/c16-11-6-10(7-12(17)8-11)9-19-14(21)18-13(20)15(19)4-2-1-3-5-15/h6-8H,1-5,9H2,(H,18,20,21). The number of hydrogen-bond donors (Lipinski definition) is 1. The van der Waals surface area contributed by atoms with Crippen LogP contribution in [0.15, 0.2) is 18.2 Å². The monoisotopic (exact) mass is 294 g/mol. The van der Waals surface area contributed by atoms with E-state index < -0.39 is 23.2 Å². The molecule has 0 atom stereocenters. The summed E-state index contributed by atoms with van der Waals surface area (Å²) >= 11 is 0. The molecule has 1 heterocycles. The Labute approximate surface area is 121 Å². The SMILES string of the molecule is O=C1NC(=O)C2(CCCCC2)N1Cc1cc(F)cc(F)c1. The average molecular weight is 294 g/mol. The van der Waals surface area contributed by atoms with Gasteiger partial charge < -0.3 is 4.90 Å². The lowest BCUT2D eigenvalue weighted by atomic mass is 9.80. The van der Waals surface area contributed by atoms with Gasteiger partial charge in [-0.3, -0.25) is 10.1 Å². The van der Waals surface area contributed by atoms with Crippen LogP contribution in [0.25, 0.3) is 0 Å². The third-order valence-corrected chi connectivity index (χ3v) is 4.35. The molecule has 1 aromatic carbocycles. The van der Waals surface area contributed by atoms with Crippen LogP contribution < -0.4 is 5.32 Å². The third kappa shape index (κ3) is 2.39. The van der Waals surface area contributed by atoms with Crippen LogP contribution in [0.4, 0.5) is 13.6 Å². The number of rotatable bonds is 2. The minimum Gasteiger partial charge on any atom is -0.305 e. The van der Waals surface area contributed by atoms with Gasteiger partial charge in [0.15, 0.2) is 0 Å². The molecule has 0 unspecified atom stereocenters. The molecule has 2 aliphatic rings. The summed E-state index contributed by atoms with van der Waals surface area (Å²) in [6.07, 6.45) is 3.97. The molecule has 0 aromatic heterocycles. The number of nitrogens with one attached hydrogen (secondary N) is 1. The Morgan fingerprint density at radius 3 is 2.29 bits per heavy atom. The third-order valence-electron chi connectivity index (χ3n) is 4.35. The summed E-state index contributed by atoms with van der Waals surface area (Å²) in [5.74, 6) is -1.66. The number of carbonyl (C=O) groups excluding carboxylic acids is 2. The minimum absolute atomic E-state index is 0.0340. The molecule has 1 saturated heterocycles.